The SMILES string of the molecule is COc1ccc(C(C)(C)C)cc1/C(O)=C1\C(=O)C(=O)N(CCN(C)C)C1c1cccc(C)c1. The van der Waals surface area contributed by atoms with Crippen LogP contribution in [0.5, 0.6) is 5.75 Å². The molecular formula is C27H34N2O4. The van der Waals surface area contributed by atoms with Gasteiger partial charge in [0.1, 0.15) is 11.5 Å². The zero-order chi connectivity index (χ0) is 24.5. The number of likely N-dealkylation sites (tertiary alicyclic amines) is 1. The lowest BCUT2D eigenvalue weighted by atomic mass is 9.85. The van der Waals surface area contributed by atoms with Gasteiger partial charge >= 0.3 is 0 Å². The van der Waals surface area contributed by atoms with Gasteiger partial charge in [-0.05, 0) is 49.7 Å². The summed E-state index contributed by atoms with van der Waals surface area (Å²) in [6.45, 7) is 9.15. The van der Waals surface area contributed by atoms with Gasteiger partial charge in [-0.15, -0.1) is 0 Å². The highest BCUT2D eigenvalue weighted by molar-refractivity contribution is 6.46. The minimum atomic E-state index is -0.680. The van der Waals surface area contributed by atoms with Crippen LogP contribution in [0.15, 0.2) is 48.0 Å². The average Bonchev–Trinajstić information content (AvgIpc) is 3.00. The Morgan fingerprint density at radius 3 is 2.39 bits per heavy atom. The van der Waals surface area contributed by atoms with Gasteiger partial charge in [-0.25, -0.2) is 0 Å². The number of hydrogen-bond donors (Lipinski definition) is 1. The van der Waals surface area contributed by atoms with Gasteiger partial charge in [0.05, 0.1) is 24.3 Å². The third kappa shape index (κ3) is 4.96. The van der Waals surface area contributed by atoms with E-state index in [1.165, 1.54) is 7.11 Å². The van der Waals surface area contributed by atoms with E-state index >= 15 is 0 Å². The van der Waals surface area contributed by atoms with Crippen LogP contribution in [0.25, 0.3) is 5.76 Å². The number of methoxy groups -OCH3 is 1. The molecule has 2 aromatic carbocycles. The maximum atomic E-state index is 13.3. The standard InChI is InChI=1S/C27H34N2O4/c1-17-9-8-10-18(15-17)23-22(25(31)26(32)29(23)14-13-28(5)6)24(30)20-16-19(27(2,3)4)11-12-21(20)33-7/h8-12,15-16,23,30H,13-14H2,1-7H3/b24-22+. The molecule has 1 aliphatic rings. The number of carbonyl (C=O) groups excluding carboxylic acids is 2. The van der Waals surface area contributed by atoms with Gasteiger partial charge in [0.15, 0.2) is 0 Å². The number of Topliss-reactive ketones (excluding diaryl/α,β-unsaturated/α-hetero) is 1. The van der Waals surface area contributed by atoms with Crippen LogP contribution < -0.4 is 4.74 Å². The summed E-state index contributed by atoms with van der Waals surface area (Å²) < 4.78 is 5.51. The second-order valence-electron chi connectivity index (χ2n) is 9.87. The first-order valence-corrected chi connectivity index (χ1v) is 11.1. The second-order valence-corrected chi connectivity index (χ2v) is 9.87. The molecule has 2 aromatic rings. The number of benzene rings is 2. The van der Waals surface area contributed by atoms with Crippen molar-refractivity contribution >= 4 is 17.4 Å². The quantitative estimate of drug-likeness (QED) is 0.404. The molecular weight excluding hydrogens is 416 g/mol. The number of nitrogens with zero attached hydrogens (tertiary/aromatic N) is 2. The Morgan fingerprint density at radius 1 is 1.12 bits per heavy atom. The van der Waals surface area contributed by atoms with Crippen molar-refractivity contribution in [1.29, 1.82) is 0 Å². The fourth-order valence-corrected chi connectivity index (χ4v) is 4.11. The van der Waals surface area contributed by atoms with E-state index in [2.05, 4.69) is 20.8 Å². The summed E-state index contributed by atoms with van der Waals surface area (Å²) in [5.41, 5.74) is 3.12. The van der Waals surface area contributed by atoms with E-state index in [1.54, 1.807) is 11.0 Å². The number of aliphatic hydroxyl groups is 1. The Hall–Kier alpha value is -3.12. The molecule has 0 aliphatic carbocycles. The van der Waals surface area contributed by atoms with Crippen molar-refractivity contribution in [1.82, 2.24) is 9.80 Å². The molecule has 0 saturated carbocycles. The summed E-state index contributed by atoms with van der Waals surface area (Å²) in [6.07, 6.45) is 0. The maximum Gasteiger partial charge on any atom is 0.295 e. The zero-order valence-corrected chi connectivity index (χ0v) is 20.6. The molecule has 1 heterocycles. The van der Waals surface area contributed by atoms with Crippen LogP contribution in [-0.4, -0.2) is 60.9 Å². The number of rotatable bonds is 6. The summed E-state index contributed by atoms with van der Waals surface area (Å²) in [7, 11) is 5.36. The van der Waals surface area contributed by atoms with E-state index in [4.69, 9.17) is 4.74 Å². The van der Waals surface area contributed by atoms with Crippen LogP contribution in [-0.2, 0) is 15.0 Å². The molecule has 176 valence electrons. The Balaban J connectivity index is 2.25. The first kappa shape index (κ1) is 24.5. The average molecular weight is 451 g/mol. The predicted molar refractivity (Wildman–Crippen MR) is 130 cm³/mol. The van der Waals surface area contributed by atoms with E-state index in [9.17, 15) is 14.7 Å². The van der Waals surface area contributed by atoms with Crippen molar-refractivity contribution in [3.8, 4) is 5.75 Å². The molecule has 0 radical (unpaired) electrons. The Labute approximate surface area is 196 Å². The van der Waals surface area contributed by atoms with Gasteiger partial charge in [0.25, 0.3) is 11.7 Å². The molecule has 0 bridgehead atoms. The van der Waals surface area contributed by atoms with Crippen LogP contribution in [0.1, 0.15) is 49.1 Å². The van der Waals surface area contributed by atoms with Gasteiger partial charge in [-0.1, -0.05) is 56.7 Å². The van der Waals surface area contributed by atoms with Crippen LogP contribution >= 0.6 is 0 Å². The Bertz CT molecular complexity index is 1100. The highest BCUT2D eigenvalue weighted by Crippen LogP contribution is 2.41. The van der Waals surface area contributed by atoms with E-state index in [-0.39, 0.29) is 16.7 Å². The summed E-state index contributed by atoms with van der Waals surface area (Å²) >= 11 is 0. The Morgan fingerprint density at radius 2 is 1.82 bits per heavy atom. The van der Waals surface area contributed by atoms with Crippen molar-refractivity contribution in [2.24, 2.45) is 0 Å². The number of hydrogen-bond acceptors (Lipinski definition) is 5. The monoisotopic (exact) mass is 450 g/mol. The lowest BCUT2D eigenvalue weighted by Gasteiger charge is -2.27. The number of carbonyl (C=O) groups is 2. The van der Waals surface area contributed by atoms with E-state index in [0.717, 1.165) is 16.7 Å². The predicted octanol–water partition coefficient (Wildman–Crippen LogP) is 4.28. The highest BCUT2D eigenvalue weighted by Gasteiger charge is 2.46. The summed E-state index contributed by atoms with van der Waals surface area (Å²) in [6, 6.07) is 12.6. The van der Waals surface area contributed by atoms with Gasteiger partial charge in [0.2, 0.25) is 0 Å². The molecule has 3 rings (SSSR count). The minimum absolute atomic E-state index is 0.0914. The molecule has 6 nitrogen and oxygen atoms in total. The summed E-state index contributed by atoms with van der Waals surface area (Å²) in [5.74, 6) is -1.05. The van der Waals surface area contributed by atoms with Crippen molar-refractivity contribution in [3.63, 3.8) is 0 Å². The smallest absolute Gasteiger partial charge is 0.295 e. The fraction of sp³-hybridized carbons (Fsp3) is 0.407. The van der Waals surface area contributed by atoms with Crippen molar-refractivity contribution in [3.05, 3.63) is 70.3 Å². The largest absolute Gasteiger partial charge is 0.507 e. The molecule has 6 heteroatoms. The van der Waals surface area contributed by atoms with Crippen LogP contribution in [0.3, 0.4) is 0 Å². The number of ketones is 1. The van der Waals surface area contributed by atoms with Crippen LogP contribution in [0.2, 0.25) is 0 Å². The molecule has 0 aromatic heterocycles. The number of aryl methyl sites for hydroxylation is 1. The third-order valence-corrected chi connectivity index (χ3v) is 6.01. The van der Waals surface area contributed by atoms with Crippen molar-refractivity contribution in [2.75, 3.05) is 34.3 Å². The number of ether oxygens (including phenoxy) is 1. The van der Waals surface area contributed by atoms with E-state index < -0.39 is 17.7 Å². The fourth-order valence-electron chi connectivity index (χ4n) is 4.11. The molecule has 1 aliphatic heterocycles. The first-order valence-electron chi connectivity index (χ1n) is 11.1. The van der Waals surface area contributed by atoms with Crippen LogP contribution in [0.4, 0.5) is 0 Å². The maximum absolute atomic E-state index is 13.3. The van der Waals surface area contributed by atoms with Gasteiger partial charge < -0.3 is 19.6 Å². The first-order chi connectivity index (χ1) is 15.5. The van der Waals surface area contributed by atoms with Gasteiger partial charge in [0, 0.05) is 13.1 Å². The van der Waals surface area contributed by atoms with Crippen LogP contribution in [0, 0.1) is 6.92 Å². The molecule has 33 heavy (non-hydrogen) atoms. The molecule has 1 amide bonds. The van der Waals surface area contributed by atoms with Crippen molar-refractivity contribution < 1.29 is 19.4 Å². The summed E-state index contributed by atoms with van der Waals surface area (Å²) in [5, 5.41) is 11.5. The number of amides is 1. The Kier molecular flexibility index (Phi) is 6.98. The minimum Gasteiger partial charge on any atom is -0.507 e. The van der Waals surface area contributed by atoms with Crippen molar-refractivity contribution in [2.45, 2.75) is 39.2 Å². The molecule has 1 saturated heterocycles. The molecule has 1 N–H and O–H groups in total. The highest BCUT2D eigenvalue weighted by atomic mass is 16.5. The number of likely N-dealkylation sites (N-methyl/N-ethyl adjacent to an activating group) is 1. The molecule has 1 fully saturated rings. The zero-order valence-electron chi connectivity index (χ0n) is 20.6. The topological polar surface area (TPSA) is 70.1 Å². The van der Waals surface area contributed by atoms with E-state index in [0.29, 0.717) is 24.4 Å². The third-order valence-electron chi connectivity index (χ3n) is 6.01. The molecule has 1 atom stereocenters. The second kappa shape index (κ2) is 9.40. The van der Waals surface area contributed by atoms with E-state index in [1.807, 2.05) is 62.3 Å². The molecule has 1 unspecified atom stereocenters. The number of aliphatic hydroxyl groups excluding tert-OH is 1. The molecule has 0 spiro atoms. The summed E-state index contributed by atoms with van der Waals surface area (Å²) in [4.78, 5) is 29.9. The van der Waals surface area contributed by atoms with Gasteiger partial charge in [-0.2, -0.15) is 0 Å². The van der Waals surface area contributed by atoms with Gasteiger partial charge in [-0.3, -0.25) is 9.59 Å². The lowest BCUT2D eigenvalue weighted by Crippen LogP contribution is -2.35. The normalized spacial score (nSPS) is 18.3. The lowest BCUT2D eigenvalue weighted by molar-refractivity contribution is -0.140.